The number of carbonyl (C=O) groups excluding carboxylic acids is 1. The summed E-state index contributed by atoms with van der Waals surface area (Å²) in [6, 6.07) is 4.42. The quantitative estimate of drug-likeness (QED) is 0.625. The number of halogens is 1. The fourth-order valence-corrected chi connectivity index (χ4v) is 4.36. The number of nitrogens with one attached hydrogen (secondary N) is 1. The van der Waals surface area contributed by atoms with E-state index in [1.165, 1.54) is 24.5 Å². The van der Waals surface area contributed by atoms with Crippen molar-refractivity contribution in [1.82, 2.24) is 15.5 Å². The van der Waals surface area contributed by atoms with E-state index in [-0.39, 0.29) is 24.2 Å². The molecule has 6 nitrogen and oxygen atoms in total. The van der Waals surface area contributed by atoms with Gasteiger partial charge in [-0.1, -0.05) is 25.1 Å². The van der Waals surface area contributed by atoms with Gasteiger partial charge in [0.1, 0.15) is 11.9 Å². The number of aromatic nitrogens is 2. The number of methoxy groups -OCH3 is 1. The summed E-state index contributed by atoms with van der Waals surface area (Å²) in [4.78, 5) is 18.0. The Bertz CT molecular complexity index is 1010. The minimum Gasteiger partial charge on any atom is -0.380 e. The van der Waals surface area contributed by atoms with E-state index in [9.17, 15) is 9.18 Å². The van der Waals surface area contributed by atoms with Gasteiger partial charge < -0.3 is 14.6 Å². The summed E-state index contributed by atoms with van der Waals surface area (Å²) >= 11 is 1.26. The normalized spacial score (nSPS) is 15.3. The van der Waals surface area contributed by atoms with E-state index in [4.69, 9.17) is 9.26 Å². The van der Waals surface area contributed by atoms with Gasteiger partial charge in [-0.15, -0.1) is 11.3 Å². The van der Waals surface area contributed by atoms with Gasteiger partial charge in [-0.05, 0) is 30.9 Å². The first-order chi connectivity index (χ1) is 13.5. The molecule has 8 heteroatoms. The van der Waals surface area contributed by atoms with Gasteiger partial charge in [-0.25, -0.2) is 4.39 Å². The van der Waals surface area contributed by atoms with Crippen LogP contribution in [0.3, 0.4) is 0 Å². The van der Waals surface area contributed by atoms with Crippen LogP contribution in [0.2, 0.25) is 0 Å². The van der Waals surface area contributed by atoms with Crippen LogP contribution < -0.4 is 5.32 Å². The lowest BCUT2D eigenvalue weighted by Gasteiger charge is -2.18. The van der Waals surface area contributed by atoms with Crippen molar-refractivity contribution in [3.05, 3.63) is 46.2 Å². The van der Waals surface area contributed by atoms with Crippen molar-refractivity contribution in [2.75, 3.05) is 7.11 Å². The highest BCUT2D eigenvalue weighted by atomic mass is 32.1. The molecule has 1 saturated carbocycles. The highest BCUT2D eigenvalue weighted by molar-refractivity contribution is 7.21. The van der Waals surface area contributed by atoms with E-state index < -0.39 is 6.04 Å². The molecule has 0 radical (unpaired) electrons. The largest absolute Gasteiger partial charge is 0.380 e. The van der Waals surface area contributed by atoms with Gasteiger partial charge in [0.2, 0.25) is 5.89 Å². The van der Waals surface area contributed by atoms with Crippen molar-refractivity contribution in [2.24, 2.45) is 5.92 Å². The van der Waals surface area contributed by atoms with Gasteiger partial charge in [0.25, 0.3) is 5.91 Å². The molecule has 4 rings (SSSR count). The minimum absolute atomic E-state index is 0.0495. The van der Waals surface area contributed by atoms with Crippen LogP contribution in [-0.2, 0) is 11.3 Å². The lowest BCUT2D eigenvalue weighted by atomic mass is 10.0. The molecule has 1 unspecified atom stereocenters. The molecule has 0 bridgehead atoms. The van der Waals surface area contributed by atoms with Crippen molar-refractivity contribution in [1.29, 1.82) is 0 Å². The SMILES string of the molecule is COCc1c(C(=O)NC(c2nc(C3CC3)no2)C(C)C)sc2cccc(F)c12. The van der Waals surface area contributed by atoms with E-state index in [1.807, 2.05) is 13.8 Å². The van der Waals surface area contributed by atoms with Crippen LogP contribution in [0.5, 0.6) is 0 Å². The summed E-state index contributed by atoms with van der Waals surface area (Å²) in [7, 11) is 1.53. The Hall–Kier alpha value is -2.32. The van der Waals surface area contributed by atoms with E-state index in [1.54, 1.807) is 12.1 Å². The van der Waals surface area contributed by atoms with Crippen molar-refractivity contribution in [3.8, 4) is 0 Å². The zero-order valence-electron chi connectivity index (χ0n) is 16.0. The highest BCUT2D eigenvalue weighted by Crippen LogP contribution is 2.39. The predicted octanol–water partition coefficient (Wildman–Crippen LogP) is 4.57. The van der Waals surface area contributed by atoms with Crippen LogP contribution in [0.25, 0.3) is 10.1 Å². The third kappa shape index (κ3) is 3.54. The van der Waals surface area contributed by atoms with Crippen LogP contribution in [0, 0.1) is 11.7 Å². The van der Waals surface area contributed by atoms with E-state index in [0.717, 1.165) is 12.8 Å². The zero-order valence-corrected chi connectivity index (χ0v) is 16.8. The fourth-order valence-electron chi connectivity index (χ4n) is 3.23. The molecule has 0 spiro atoms. The molecule has 2 heterocycles. The molecule has 1 N–H and O–H groups in total. The maximum absolute atomic E-state index is 14.4. The van der Waals surface area contributed by atoms with Crippen LogP contribution in [-0.4, -0.2) is 23.2 Å². The first kappa shape index (κ1) is 19.0. The summed E-state index contributed by atoms with van der Waals surface area (Å²) in [5, 5.41) is 7.49. The molecule has 0 aliphatic heterocycles. The Morgan fingerprint density at radius 2 is 2.21 bits per heavy atom. The number of nitrogens with zero attached hydrogens (tertiary/aromatic N) is 2. The second-order valence-corrected chi connectivity index (χ2v) is 8.47. The van der Waals surface area contributed by atoms with Gasteiger partial charge in [0.05, 0.1) is 11.5 Å². The number of carbonyl (C=O) groups is 1. The summed E-state index contributed by atoms with van der Waals surface area (Å²) in [6.07, 6.45) is 2.15. The molecule has 148 valence electrons. The summed E-state index contributed by atoms with van der Waals surface area (Å²) in [5.41, 5.74) is 0.560. The number of thiophene rings is 1. The lowest BCUT2D eigenvalue weighted by molar-refractivity contribution is 0.0914. The number of hydrogen-bond donors (Lipinski definition) is 1. The van der Waals surface area contributed by atoms with Crippen molar-refractivity contribution >= 4 is 27.3 Å². The Kier molecular flexibility index (Phi) is 5.16. The van der Waals surface area contributed by atoms with E-state index in [2.05, 4.69) is 15.5 Å². The van der Waals surface area contributed by atoms with Crippen LogP contribution in [0.4, 0.5) is 4.39 Å². The zero-order chi connectivity index (χ0) is 19.8. The lowest BCUT2D eigenvalue weighted by Crippen LogP contribution is -2.32. The Morgan fingerprint density at radius 1 is 1.43 bits per heavy atom. The number of fused-ring (bicyclic) bond motifs is 1. The molecule has 1 aromatic carbocycles. The third-order valence-corrected chi connectivity index (χ3v) is 6.07. The molecule has 3 aromatic rings. The van der Waals surface area contributed by atoms with Gasteiger partial charge in [-0.3, -0.25) is 4.79 Å². The number of ether oxygens (including phenoxy) is 1. The maximum atomic E-state index is 14.4. The minimum atomic E-state index is -0.419. The molecule has 1 aliphatic rings. The average molecular weight is 403 g/mol. The van der Waals surface area contributed by atoms with Gasteiger partial charge in [-0.2, -0.15) is 4.98 Å². The van der Waals surface area contributed by atoms with E-state index in [0.29, 0.717) is 38.2 Å². The molecule has 1 amide bonds. The molecular formula is C20H22FN3O3S. The molecule has 0 saturated heterocycles. The predicted molar refractivity (Wildman–Crippen MR) is 104 cm³/mol. The second-order valence-electron chi connectivity index (χ2n) is 7.42. The average Bonchev–Trinajstić information content (AvgIpc) is 3.27. The Balaban J connectivity index is 1.65. The summed E-state index contributed by atoms with van der Waals surface area (Å²) < 4.78 is 25.7. The van der Waals surface area contributed by atoms with Crippen LogP contribution in [0.15, 0.2) is 22.7 Å². The number of rotatable bonds is 7. The van der Waals surface area contributed by atoms with Crippen molar-refractivity contribution < 1.29 is 18.4 Å². The first-order valence-electron chi connectivity index (χ1n) is 9.32. The fraction of sp³-hybridized carbons (Fsp3) is 0.450. The second kappa shape index (κ2) is 7.60. The smallest absolute Gasteiger partial charge is 0.262 e. The molecular weight excluding hydrogens is 381 g/mol. The van der Waals surface area contributed by atoms with Crippen molar-refractivity contribution in [2.45, 2.75) is 45.3 Å². The monoisotopic (exact) mass is 403 g/mol. The number of benzene rings is 1. The molecule has 1 aliphatic carbocycles. The van der Waals surface area contributed by atoms with Crippen molar-refractivity contribution in [3.63, 3.8) is 0 Å². The maximum Gasteiger partial charge on any atom is 0.262 e. The van der Waals surface area contributed by atoms with Gasteiger partial charge >= 0.3 is 0 Å². The Labute approximate surface area is 166 Å². The van der Waals surface area contributed by atoms with Gasteiger partial charge in [0, 0.05) is 28.7 Å². The molecule has 2 aromatic heterocycles. The summed E-state index contributed by atoms with van der Waals surface area (Å²) in [5.74, 6) is 0.891. The topological polar surface area (TPSA) is 77.2 Å². The standard InChI is InChI=1S/C20H22FN3O3S/c1-10(2)16(20-23-18(24-27-20)11-7-8-11)22-19(25)17-12(9-26-3)15-13(21)5-4-6-14(15)28-17/h4-6,10-11,16H,7-9H2,1-3H3,(H,22,25). The molecule has 1 atom stereocenters. The third-order valence-electron chi connectivity index (χ3n) is 4.88. The first-order valence-corrected chi connectivity index (χ1v) is 10.1. The van der Waals surface area contributed by atoms with Gasteiger partial charge in [0.15, 0.2) is 5.82 Å². The number of amides is 1. The Morgan fingerprint density at radius 3 is 2.89 bits per heavy atom. The van der Waals surface area contributed by atoms with Crippen LogP contribution >= 0.6 is 11.3 Å². The van der Waals surface area contributed by atoms with Crippen LogP contribution in [0.1, 0.15) is 65.6 Å². The molecule has 1 fully saturated rings. The highest BCUT2D eigenvalue weighted by Gasteiger charge is 2.32. The molecule has 28 heavy (non-hydrogen) atoms. The summed E-state index contributed by atoms with van der Waals surface area (Å²) in [6.45, 7) is 4.11. The number of hydrogen-bond acceptors (Lipinski definition) is 6. The van der Waals surface area contributed by atoms with E-state index >= 15 is 0 Å².